The monoisotopic (exact) mass is 243 g/mol. The Morgan fingerprint density at radius 1 is 1.33 bits per heavy atom. The number of aryl methyl sites for hydroxylation is 1. The number of hydrogen-bond donors (Lipinski definition) is 1. The van der Waals surface area contributed by atoms with E-state index in [1.54, 1.807) is 6.07 Å². The van der Waals surface area contributed by atoms with Gasteiger partial charge in [0.05, 0.1) is 0 Å². The van der Waals surface area contributed by atoms with E-state index in [0.29, 0.717) is 5.56 Å². The van der Waals surface area contributed by atoms with Crippen molar-refractivity contribution in [3.8, 4) is 11.8 Å². The van der Waals surface area contributed by atoms with Crippen LogP contribution in [0.3, 0.4) is 0 Å². The summed E-state index contributed by atoms with van der Waals surface area (Å²) in [4.78, 5) is 14.1. The van der Waals surface area contributed by atoms with Crippen molar-refractivity contribution in [2.24, 2.45) is 0 Å². The first-order valence-electron chi connectivity index (χ1n) is 6.21. The number of nitrogens with zero attached hydrogens (tertiary/aromatic N) is 1. The standard InChI is InChI=1S/C15H17NO2/c1-12-9-13(5-4-8-17)11-14(10-12)15(18)16-6-2-3-7-16/h9-11,17H,2-3,6-8H2,1H3. The van der Waals surface area contributed by atoms with Gasteiger partial charge >= 0.3 is 0 Å². The lowest BCUT2D eigenvalue weighted by Gasteiger charge is -2.15. The van der Waals surface area contributed by atoms with Crippen molar-refractivity contribution in [2.75, 3.05) is 19.7 Å². The third-order valence-corrected chi connectivity index (χ3v) is 3.03. The number of carbonyl (C=O) groups is 1. The Morgan fingerprint density at radius 3 is 2.72 bits per heavy atom. The van der Waals surface area contributed by atoms with Crippen molar-refractivity contribution in [3.63, 3.8) is 0 Å². The Labute approximate surface area is 107 Å². The minimum atomic E-state index is -0.163. The number of aliphatic hydroxyl groups is 1. The van der Waals surface area contributed by atoms with Crippen molar-refractivity contribution >= 4 is 5.91 Å². The highest BCUT2D eigenvalue weighted by Gasteiger charge is 2.19. The van der Waals surface area contributed by atoms with Crippen LogP contribution in [0.2, 0.25) is 0 Å². The Balaban J connectivity index is 2.26. The number of aliphatic hydroxyl groups excluding tert-OH is 1. The molecule has 1 heterocycles. The molecule has 1 aromatic carbocycles. The van der Waals surface area contributed by atoms with E-state index in [1.807, 2.05) is 24.0 Å². The first kappa shape index (κ1) is 12.7. The first-order chi connectivity index (χ1) is 8.70. The predicted molar refractivity (Wildman–Crippen MR) is 70.3 cm³/mol. The number of amides is 1. The SMILES string of the molecule is Cc1cc(C#CCO)cc(C(=O)N2CCCC2)c1. The zero-order chi connectivity index (χ0) is 13.0. The zero-order valence-corrected chi connectivity index (χ0v) is 10.6. The Hall–Kier alpha value is -1.79. The number of benzene rings is 1. The minimum absolute atomic E-state index is 0.0863. The maximum absolute atomic E-state index is 12.3. The van der Waals surface area contributed by atoms with Crippen molar-refractivity contribution in [3.05, 3.63) is 34.9 Å². The molecular formula is C15H17NO2. The Kier molecular flexibility index (Phi) is 4.01. The van der Waals surface area contributed by atoms with E-state index < -0.39 is 0 Å². The quantitative estimate of drug-likeness (QED) is 0.761. The Bertz CT molecular complexity index is 505. The molecule has 3 heteroatoms. The van der Waals surface area contributed by atoms with Crippen LogP contribution in [0.25, 0.3) is 0 Å². The maximum atomic E-state index is 12.3. The molecule has 18 heavy (non-hydrogen) atoms. The molecule has 1 aliphatic heterocycles. The number of likely N-dealkylation sites (tertiary alicyclic amines) is 1. The van der Waals surface area contributed by atoms with E-state index in [4.69, 9.17) is 5.11 Å². The molecule has 1 saturated heterocycles. The fraction of sp³-hybridized carbons (Fsp3) is 0.400. The maximum Gasteiger partial charge on any atom is 0.253 e. The van der Waals surface area contributed by atoms with Crippen molar-refractivity contribution < 1.29 is 9.90 Å². The lowest BCUT2D eigenvalue weighted by atomic mass is 10.1. The van der Waals surface area contributed by atoms with E-state index in [2.05, 4.69) is 11.8 Å². The van der Waals surface area contributed by atoms with Gasteiger partial charge < -0.3 is 10.0 Å². The minimum Gasteiger partial charge on any atom is -0.384 e. The third-order valence-electron chi connectivity index (χ3n) is 3.03. The van der Waals surface area contributed by atoms with Gasteiger partial charge in [0.1, 0.15) is 6.61 Å². The second-order valence-electron chi connectivity index (χ2n) is 4.55. The number of carbonyl (C=O) groups excluding carboxylic acids is 1. The molecule has 0 bridgehead atoms. The molecule has 0 atom stereocenters. The van der Waals surface area contributed by atoms with Gasteiger partial charge in [-0.1, -0.05) is 11.8 Å². The van der Waals surface area contributed by atoms with Crippen molar-refractivity contribution in [1.82, 2.24) is 4.90 Å². The molecule has 0 aliphatic carbocycles. The average Bonchev–Trinajstić information content (AvgIpc) is 2.88. The van der Waals surface area contributed by atoms with Crippen LogP contribution >= 0.6 is 0 Å². The summed E-state index contributed by atoms with van der Waals surface area (Å²) in [6.45, 7) is 3.49. The molecule has 0 radical (unpaired) electrons. The summed E-state index contributed by atoms with van der Waals surface area (Å²) in [7, 11) is 0. The van der Waals surface area contributed by atoms with Crippen LogP contribution in [-0.4, -0.2) is 35.6 Å². The van der Waals surface area contributed by atoms with E-state index in [9.17, 15) is 4.79 Å². The number of rotatable bonds is 1. The zero-order valence-electron chi connectivity index (χ0n) is 10.6. The van der Waals surface area contributed by atoms with Crippen molar-refractivity contribution in [2.45, 2.75) is 19.8 Å². The van der Waals surface area contributed by atoms with Gasteiger partial charge in [-0.2, -0.15) is 0 Å². The lowest BCUT2D eigenvalue weighted by Crippen LogP contribution is -2.27. The summed E-state index contributed by atoms with van der Waals surface area (Å²) in [5.41, 5.74) is 2.49. The molecule has 1 fully saturated rings. The molecule has 94 valence electrons. The van der Waals surface area contributed by atoms with Crippen LogP contribution in [0.5, 0.6) is 0 Å². The molecule has 3 nitrogen and oxygen atoms in total. The smallest absolute Gasteiger partial charge is 0.253 e. The summed E-state index contributed by atoms with van der Waals surface area (Å²) in [6.07, 6.45) is 2.18. The van der Waals surface area contributed by atoms with Gasteiger partial charge in [-0.25, -0.2) is 0 Å². The molecule has 1 amide bonds. The summed E-state index contributed by atoms with van der Waals surface area (Å²) in [6, 6.07) is 5.62. The van der Waals surface area contributed by atoms with E-state index >= 15 is 0 Å². The molecule has 0 unspecified atom stereocenters. The normalized spacial score (nSPS) is 14.2. The highest BCUT2D eigenvalue weighted by molar-refractivity contribution is 5.95. The lowest BCUT2D eigenvalue weighted by molar-refractivity contribution is 0.0792. The molecular weight excluding hydrogens is 226 g/mol. The molecule has 0 saturated carbocycles. The van der Waals surface area contributed by atoms with Crippen LogP contribution in [0.1, 0.15) is 34.3 Å². The highest BCUT2D eigenvalue weighted by Crippen LogP contribution is 2.15. The van der Waals surface area contributed by atoms with Crippen LogP contribution < -0.4 is 0 Å². The van der Waals surface area contributed by atoms with Crippen LogP contribution in [0.15, 0.2) is 18.2 Å². The van der Waals surface area contributed by atoms with E-state index in [1.165, 1.54) is 0 Å². The topological polar surface area (TPSA) is 40.5 Å². The first-order valence-corrected chi connectivity index (χ1v) is 6.21. The molecule has 2 rings (SSSR count). The van der Waals surface area contributed by atoms with Gasteiger partial charge in [0.15, 0.2) is 0 Å². The van der Waals surface area contributed by atoms with Crippen LogP contribution in [0, 0.1) is 18.8 Å². The fourth-order valence-electron chi connectivity index (χ4n) is 2.22. The van der Waals surface area contributed by atoms with Crippen molar-refractivity contribution in [1.29, 1.82) is 0 Å². The van der Waals surface area contributed by atoms with Gasteiger partial charge in [-0.15, -0.1) is 0 Å². The van der Waals surface area contributed by atoms with Crippen LogP contribution in [0.4, 0.5) is 0 Å². The summed E-state index contributed by atoms with van der Waals surface area (Å²) < 4.78 is 0. The Morgan fingerprint density at radius 2 is 2.06 bits per heavy atom. The summed E-state index contributed by atoms with van der Waals surface area (Å²) >= 11 is 0. The van der Waals surface area contributed by atoms with E-state index in [-0.39, 0.29) is 12.5 Å². The number of hydrogen-bond acceptors (Lipinski definition) is 2. The molecule has 0 spiro atoms. The highest BCUT2D eigenvalue weighted by atomic mass is 16.2. The van der Waals surface area contributed by atoms with Gasteiger partial charge in [-0.05, 0) is 43.5 Å². The molecule has 0 aromatic heterocycles. The second-order valence-corrected chi connectivity index (χ2v) is 4.55. The summed E-state index contributed by atoms with van der Waals surface area (Å²) in [5, 5.41) is 8.70. The second kappa shape index (κ2) is 5.70. The molecule has 1 aliphatic rings. The van der Waals surface area contributed by atoms with E-state index in [0.717, 1.165) is 37.1 Å². The molecule has 1 N–H and O–H groups in total. The largest absolute Gasteiger partial charge is 0.384 e. The third kappa shape index (κ3) is 2.91. The van der Waals surface area contributed by atoms with Gasteiger partial charge in [0, 0.05) is 24.2 Å². The van der Waals surface area contributed by atoms with Gasteiger partial charge in [0.25, 0.3) is 5.91 Å². The fourth-order valence-corrected chi connectivity index (χ4v) is 2.22. The van der Waals surface area contributed by atoms with Gasteiger partial charge in [-0.3, -0.25) is 4.79 Å². The summed E-state index contributed by atoms with van der Waals surface area (Å²) in [5.74, 6) is 5.54. The average molecular weight is 243 g/mol. The predicted octanol–water partition coefficient (Wildman–Crippen LogP) is 1.57. The van der Waals surface area contributed by atoms with Gasteiger partial charge in [0.2, 0.25) is 0 Å². The van der Waals surface area contributed by atoms with Crippen LogP contribution in [-0.2, 0) is 0 Å². The molecule has 1 aromatic rings.